The molecule has 1 aliphatic carbocycles. The maximum Gasteiger partial charge on any atom is 0.287 e. The minimum Gasteiger partial charge on any atom is -0.506 e. The third kappa shape index (κ3) is 4.19. The Morgan fingerprint density at radius 1 is 1.26 bits per heavy atom. The molecule has 0 fully saturated rings. The van der Waals surface area contributed by atoms with Gasteiger partial charge in [-0.2, -0.15) is 8.42 Å². The molecule has 1 aliphatic heterocycles. The number of fused-ring (bicyclic) bond motifs is 2. The first-order chi connectivity index (χ1) is 16.1. The molecule has 2 N–H and O–H groups in total. The van der Waals surface area contributed by atoms with Gasteiger partial charge in [0.15, 0.2) is 11.6 Å². The number of amidine groups is 1. The highest BCUT2D eigenvalue weighted by atomic mass is 32.2. The summed E-state index contributed by atoms with van der Waals surface area (Å²) in [6.45, 7) is 6.09. The van der Waals surface area contributed by atoms with E-state index in [0.29, 0.717) is 28.5 Å². The molecule has 0 bridgehead atoms. The number of carbonyl (C=O) groups is 1. The van der Waals surface area contributed by atoms with Crippen molar-refractivity contribution in [3.8, 4) is 0 Å². The van der Waals surface area contributed by atoms with E-state index in [-0.39, 0.29) is 41.2 Å². The van der Waals surface area contributed by atoms with Gasteiger partial charge in [0.2, 0.25) is 0 Å². The monoisotopic (exact) mass is 504 g/mol. The van der Waals surface area contributed by atoms with Gasteiger partial charge < -0.3 is 19.9 Å². The van der Waals surface area contributed by atoms with E-state index in [4.69, 9.17) is 9.47 Å². The van der Waals surface area contributed by atoms with E-state index in [0.717, 1.165) is 12.0 Å². The van der Waals surface area contributed by atoms with Gasteiger partial charge in [0.1, 0.15) is 28.0 Å². The van der Waals surface area contributed by atoms with Gasteiger partial charge in [0.25, 0.3) is 10.0 Å². The predicted octanol–water partition coefficient (Wildman–Crippen LogP) is 4.63. The molecule has 2 aromatic rings. The van der Waals surface area contributed by atoms with Crippen LogP contribution in [0.2, 0.25) is 0 Å². The second kappa shape index (κ2) is 9.26. The molecule has 0 unspecified atom stereocenters. The average molecular weight is 505 g/mol. The summed E-state index contributed by atoms with van der Waals surface area (Å²) < 4.78 is 40.4. The van der Waals surface area contributed by atoms with Crippen molar-refractivity contribution in [2.45, 2.75) is 50.5 Å². The first-order valence-electron chi connectivity index (χ1n) is 11.0. The molecule has 2 heterocycles. The molecule has 0 saturated heterocycles. The first kappa shape index (κ1) is 24.6. The number of aliphatic hydroxyl groups excluding tert-OH is 1. The van der Waals surface area contributed by atoms with Crippen LogP contribution in [0.1, 0.15) is 50.3 Å². The SMILES string of the molecule is COCOCc1csc2c1S(=O)(=O)N=C(C1=C(O)c3ccccc3[C@@](C)(CCC(C)C)C1=O)N2. The number of nitrogens with one attached hydrogen (secondary N) is 1. The summed E-state index contributed by atoms with van der Waals surface area (Å²) in [4.78, 5) is 13.9. The van der Waals surface area contributed by atoms with Gasteiger partial charge in [-0.05, 0) is 36.6 Å². The van der Waals surface area contributed by atoms with Crippen LogP contribution in [0.4, 0.5) is 5.00 Å². The highest BCUT2D eigenvalue weighted by Gasteiger charge is 2.46. The van der Waals surface area contributed by atoms with Crippen LogP contribution in [0.3, 0.4) is 0 Å². The van der Waals surface area contributed by atoms with Crippen molar-refractivity contribution in [1.29, 1.82) is 0 Å². The third-order valence-corrected chi connectivity index (χ3v) is 8.66. The van der Waals surface area contributed by atoms with E-state index in [1.54, 1.807) is 17.5 Å². The van der Waals surface area contributed by atoms with Gasteiger partial charge in [-0.3, -0.25) is 4.79 Å². The first-order valence-corrected chi connectivity index (χ1v) is 13.3. The highest BCUT2D eigenvalue weighted by Crippen LogP contribution is 2.45. The molecule has 10 heteroatoms. The molecule has 0 saturated carbocycles. The van der Waals surface area contributed by atoms with Crippen molar-refractivity contribution in [3.63, 3.8) is 0 Å². The number of methoxy groups -OCH3 is 1. The van der Waals surface area contributed by atoms with Crippen molar-refractivity contribution in [2.75, 3.05) is 19.2 Å². The number of aliphatic hydroxyl groups is 1. The fourth-order valence-corrected chi connectivity index (χ4v) is 6.92. The van der Waals surface area contributed by atoms with Crippen LogP contribution >= 0.6 is 11.3 Å². The summed E-state index contributed by atoms with van der Waals surface area (Å²) in [5.74, 6) is -0.411. The standard InChI is InChI=1S/C24H28N2O6S2/c1-14(2)9-10-24(3)17-8-6-5-7-16(17)19(27)18(21(24)28)22-25-23-20(34(29,30)26-22)15(12-33-23)11-32-13-31-4/h5-8,12,14,27H,9-11,13H2,1-4H3,(H,25,26)/t24-/m1/s1. The Balaban J connectivity index is 1.80. The summed E-state index contributed by atoms with van der Waals surface area (Å²) in [6.07, 6.45) is 1.35. The molecule has 0 spiro atoms. The number of Topliss-reactive ketones (excluding diaryl/α,β-unsaturated/α-hetero) is 1. The Hall–Kier alpha value is -2.53. The van der Waals surface area contributed by atoms with Gasteiger partial charge in [-0.25, -0.2) is 0 Å². The smallest absolute Gasteiger partial charge is 0.287 e. The Morgan fingerprint density at radius 3 is 2.71 bits per heavy atom. The van der Waals surface area contributed by atoms with Gasteiger partial charge in [0, 0.05) is 18.2 Å². The quantitative estimate of drug-likeness (QED) is 0.398. The molecular formula is C24H28N2O6S2. The Bertz CT molecular complexity index is 1290. The van der Waals surface area contributed by atoms with E-state index in [2.05, 4.69) is 23.6 Å². The van der Waals surface area contributed by atoms with Crippen LogP contribution in [0.15, 0.2) is 44.5 Å². The summed E-state index contributed by atoms with van der Waals surface area (Å²) in [6, 6.07) is 7.20. The lowest BCUT2D eigenvalue weighted by Crippen LogP contribution is -2.42. The van der Waals surface area contributed by atoms with Crippen molar-refractivity contribution >= 4 is 43.7 Å². The van der Waals surface area contributed by atoms with Crippen molar-refractivity contribution in [1.82, 2.24) is 0 Å². The molecule has 8 nitrogen and oxygen atoms in total. The zero-order valence-corrected chi connectivity index (χ0v) is 21.2. The topological polar surface area (TPSA) is 114 Å². The largest absolute Gasteiger partial charge is 0.506 e. The number of nitrogens with zero attached hydrogens (tertiary/aromatic N) is 1. The average Bonchev–Trinajstić information content (AvgIpc) is 3.20. The van der Waals surface area contributed by atoms with Crippen molar-refractivity contribution in [3.05, 3.63) is 51.9 Å². The van der Waals surface area contributed by atoms with E-state index < -0.39 is 15.4 Å². The Morgan fingerprint density at radius 2 is 2.00 bits per heavy atom. The van der Waals surface area contributed by atoms with Crippen molar-refractivity contribution < 1.29 is 27.8 Å². The number of ketones is 1. The third-order valence-electron chi connectivity index (χ3n) is 6.18. The summed E-state index contributed by atoms with van der Waals surface area (Å²) >= 11 is 1.17. The second-order valence-electron chi connectivity index (χ2n) is 9.08. The Kier molecular flexibility index (Phi) is 6.69. The zero-order chi connectivity index (χ0) is 24.7. The molecule has 1 atom stereocenters. The number of sulfonamides is 1. The minimum absolute atomic E-state index is 0.0173. The molecule has 4 rings (SSSR count). The lowest BCUT2D eigenvalue weighted by atomic mass is 9.66. The molecular weight excluding hydrogens is 476 g/mol. The maximum atomic E-state index is 13.9. The van der Waals surface area contributed by atoms with Gasteiger partial charge >= 0.3 is 0 Å². The molecule has 1 aromatic carbocycles. The van der Waals surface area contributed by atoms with E-state index >= 15 is 0 Å². The fraction of sp³-hybridized carbons (Fsp3) is 0.417. The van der Waals surface area contributed by atoms with Crippen LogP contribution in [-0.4, -0.2) is 39.0 Å². The van der Waals surface area contributed by atoms with Crippen LogP contribution in [0.5, 0.6) is 0 Å². The number of hydrogen-bond acceptors (Lipinski definition) is 8. The molecule has 2 aliphatic rings. The normalized spacial score (nSPS) is 21.2. The van der Waals surface area contributed by atoms with E-state index in [9.17, 15) is 18.3 Å². The molecule has 1 aromatic heterocycles. The summed E-state index contributed by atoms with van der Waals surface area (Å²) in [5.41, 5.74) is 0.662. The van der Waals surface area contributed by atoms with E-state index in [1.165, 1.54) is 18.4 Å². The maximum absolute atomic E-state index is 13.9. The lowest BCUT2D eigenvalue weighted by molar-refractivity contribution is -0.120. The van der Waals surface area contributed by atoms with Gasteiger partial charge in [-0.1, -0.05) is 38.1 Å². The molecule has 182 valence electrons. The number of rotatable bonds is 8. The molecule has 0 radical (unpaired) electrons. The molecule has 0 amide bonds. The summed E-state index contributed by atoms with van der Waals surface area (Å²) in [5, 5.41) is 16.1. The van der Waals surface area contributed by atoms with Crippen LogP contribution in [0.25, 0.3) is 5.76 Å². The number of ether oxygens (including phenoxy) is 2. The predicted molar refractivity (Wildman–Crippen MR) is 132 cm³/mol. The number of hydrogen-bond donors (Lipinski definition) is 2. The minimum atomic E-state index is -4.13. The van der Waals surface area contributed by atoms with Crippen molar-refractivity contribution in [2.24, 2.45) is 10.3 Å². The van der Waals surface area contributed by atoms with Gasteiger partial charge in [-0.15, -0.1) is 15.7 Å². The van der Waals surface area contributed by atoms with Crippen LogP contribution in [-0.2, 0) is 36.3 Å². The zero-order valence-electron chi connectivity index (χ0n) is 19.5. The number of carbonyl (C=O) groups excluding carboxylic acids is 1. The van der Waals surface area contributed by atoms with E-state index in [1.807, 2.05) is 19.1 Å². The number of anilines is 1. The summed E-state index contributed by atoms with van der Waals surface area (Å²) in [7, 11) is -2.66. The van der Waals surface area contributed by atoms with Crippen LogP contribution < -0.4 is 5.32 Å². The van der Waals surface area contributed by atoms with Crippen LogP contribution in [0, 0.1) is 5.92 Å². The lowest BCUT2D eigenvalue weighted by Gasteiger charge is -2.36. The number of benzene rings is 1. The molecule has 34 heavy (non-hydrogen) atoms. The number of thiophene rings is 1. The second-order valence-corrected chi connectivity index (χ2v) is 11.5. The Labute approximate surface area is 203 Å². The highest BCUT2D eigenvalue weighted by molar-refractivity contribution is 7.90. The van der Waals surface area contributed by atoms with Gasteiger partial charge in [0.05, 0.1) is 12.0 Å². The fourth-order valence-electron chi connectivity index (χ4n) is 4.35.